The Morgan fingerprint density at radius 3 is 2.55 bits per heavy atom. The number of hydrogen-bond acceptors (Lipinski definition) is 6. The zero-order chi connectivity index (χ0) is 23.5. The molecule has 2 aromatic rings. The van der Waals surface area contributed by atoms with Gasteiger partial charge in [-0.1, -0.05) is 52.9 Å². The van der Waals surface area contributed by atoms with Crippen LogP contribution in [0.25, 0.3) is 0 Å². The Morgan fingerprint density at radius 2 is 1.82 bits per heavy atom. The van der Waals surface area contributed by atoms with Crippen molar-refractivity contribution < 1.29 is 23.8 Å². The van der Waals surface area contributed by atoms with Crippen LogP contribution in [0.2, 0.25) is 0 Å². The van der Waals surface area contributed by atoms with Crippen molar-refractivity contribution in [2.45, 2.75) is 45.0 Å². The number of carbonyl (C=O) groups is 1. The van der Waals surface area contributed by atoms with Gasteiger partial charge in [-0.15, -0.1) is 0 Å². The van der Waals surface area contributed by atoms with E-state index in [1.807, 2.05) is 73.7 Å². The molecule has 0 amide bonds. The van der Waals surface area contributed by atoms with Gasteiger partial charge in [-0.05, 0) is 56.7 Å². The van der Waals surface area contributed by atoms with Crippen molar-refractivity contribution >= 4 is 11.7 Å². The molecule has 0 unspecified atom stereocenters. The molecule has 0 radical (unpaired) electrons. The Morgan fingerprint density at radius 1 is 1.06 bits per heavy atom. The van der Waals surface area contributed by atoms with Crippen LogP contribution in [0.4, 0.5) is 0 Å². The second-order valence-corrected chi connectivity index (χ2v) is 7.70. The molecule has 1 aliphatic rings. The number of ether oxygens (including phenoxy) is 3. The lowest BCUT2D eigenvalue weighted by molar-refractivity contribution is -0.151. The zero-order valence-electron chi connectivity index (χ0n) is 19.2. The van der Waals surface area contributed by atoms with Crippen LogP contribution in [0.1, 0.15) is 30.9 Å². The number of carbonyl (C=O) groups excluding carboxylic acids is 1. The highest BCUT2D eigenvalue weighted by Crippen LogP contribution is 2.21. The third-order valence-corrected chi connectivity index (χ3v) is 4.94. The molecular weight excluding hydrogens is 418 g/mol. The van der Waals surface area contributed by atoms with E-state index in [-0.39, 0.29) is 19.0 Å². The van der Waals surface area contributed by atoms with Gasteiger partial charge in [0.05, 0.1) is 12.1 Å². The van der Waals surface area contributed by atoms with Gasteiger partial charge in [0, 0.05) is 5.56 Å². The van der Waals surface area contributed by atoms with Crippen LogP contribution < -0.4 is 4.74 Å². The highest BCUT2D eigenvalue weighted by atomic mass is 16.6. The molecule has 6 nitrogen and oxygen atoms in total. The van der Waals surface area contributed by atoms with Crippen LogP contribution in [0.3, 0.4) is 0 Å². The number of benzene rings is 2. The van der Waals surface area contributed by atoms with Gasteiger partial charge >= 0.3 is 5.97 Å². The Bertz CT molecular complexity index is 1020. The quantitative estimate of drug-likeness (QED) is 0.196. The van der Waals surface area contributed by atoms with Crippen LogP contribution in [-0.2, 0) is 19.1 Å². The monoisotopic (exact) mass is 447 g/mol. The first-order valence-corrected chi connectivity index (χ1v) is 10.9. The lowest BCUT2D eigenvalue weighted by atomic mass is 10.1. The molecule has 0 fully saturated rings. The van der Waals surface area contributed by atoms with Crippen LogP contribution in [-0.4, -0.2) is 43.7 Å². The highest BCUT2D eigenvalue weighted by Gasteiger charge is 2.29. The van der Waals surface area contributed by atoms with Crippen molar-refractivity contribution in [2.24, 2.45) is 5.16 Å². The molecule has 0 saturated carbocycles. The molecule has 0 spiro atoms. The maximum Gasteiger partial charge on any atom is 0.306 e. The number of esters is 1. The number of oxime groups is 1. The smallest absolute Gasteiger partial charge is 0.306 e. The van der Waals surface area contributed by atoms with Gasteiger partial charge in [0.15, 0.2) is 0 Å². The van der Waals surface area contributed by atoms with Gasteiger partial charge in [-0.3, -0.25) is 4.79 Å². The minimum absolute atomic E-state index is 0.0592. The van der Waals surface area contributed by atoms with Crippen molar-refractivity contribution in [3.05, 3.63) is 77.9 Å². The summed E-state index contributed by atoms with van der Waals surface area (Å²) >= 11 is 0. The minimum atomic E-state index is -0.496. The lowest BCUT2D eigenvalue weighted by Gasteiger charge is -2.30. The molecule has 1 aliphatic heterocycles. The van der Waals surface area contributed by atoms with Crippen molar-refractivity contribution in [3.8, 4) is 17.6 Å². The van der Waals surface area contributed by atoms with E-state index in [0.717, 1.165) is 22.6 Å². The van der Waals surface area contributed by atoms with E-state index in [1.165, 1.54) is 7.11 Å². The first-order valence-electron chi connectivity index (χ1n) is 10.9. The summed E-state index contributed by atoms with van der Waals surface area (Å²) in [6, 6.07) is 17.5. The summed E-state index contributed by atoms with van der Waals surface area (Å²) in [5, 5.41) is 3.81. The molecule has 1 heterocycles. The molecule has 2 aromatic carbocycles. The molecule has 0 saturated heterocycles. The number of nitrogens with zero attached hydrogens (tertiary/aromatic N) is 1. The van der Waals surface area contributed by atoms with Crippen molar-refractivity contribution in [3.63, 3.8) is 0 Å². The summed E-state index contributed by atoms with van der Waals surface area (Å²) in [6.07, 6.45) is 3.13. The highest BCUT2D eigenvalue weighted by molar-refractivity contribution is 5.85. The molecule has 0 N–H and O–H groups in total. The largest absolute Gasteiger partial charge is 0.483 e. The van der Waals surface area contributed by atoms with E-state index in [4.69, 9.17) is 19.0 Å². The van der Waals surface area contributed by atoms with Crippen LogP contribution in [0.15, 0.2) is 71.9 Å². The summed E-state index contributed by atoms with van der Waals surface area (Å²) < 4.78 is 17.7. The fraction of sp³-hybridized carbons (Fsp3) is 0.333. The molecule has 0 aromatic heterocycles. The SMILES string of the molecule is CON=C(C)CCC(=O)OC[C@H]1O[C@H](C#Cc2ccccc2)C=C[C@@H]1Oc1ccc(C)cc1. The molecule has 0 bridgehead atoms. The van der Waals surface area contributed by atoms with Crippen LogP contribution >= 0.6 is 0 Å². The topological polar surface area (TPSA) is 66.4 Å². The lowest BCUT2D eigenvalue weighted by Crippen LogP contribution is -2.42. The fourth-order valence-electron chi connectivity index (χ4n) is 3.16. The zero-order valence-corrected chi connectivity index (χ0v) is 19.2. The predicted octanol–water partition coefficient (Wildman–Crippen LogP) is 4.46. The number of rotatable bonds is 8. The molecule has 3 rings (SSSR count). The second-order valence-electron chi connectivity index (χ2n) is 7.70. The Hall–Kier alpha value is -3.56. The van der Waals surface area contributed by atoms with Gasteiger partial charge in [0.25, 0.3) is 0 Å². The Balaban J connectivity index is 1.66. The molecule has 172 valence electrons. The average molecular weight is 448 g/mol. The van der Waals surface area contributed by atoms with Gasteiger partial charge in [-0.25, -0.2) is 0 Å². The summed E-state index contributed by atoms with van der Waals surface area (Å²) in [5.41, 5.74) is 2.78. The molecular formula is C27H29NO5. The maximum atomic E-state index is 12.2. The summed E-state index contributed by atoms with van der Waals surface area (Å²) in [4.78, 5) is 16.9. The van der Waals surface area contributed by atoms with Crippen molar-refractivity contribution in [2.75, 3.05) is 13.7 Å². The fourth-order valence-corrected chi connectivity index (χ4v) is 3.16. The van der Waals surface area contributed by atoms with Crippen molar-refractivity contribution in [1.29, 1.82) is 0 Å². The minimum Gasteiger partial charge on any atom is -0.483 e. The molecule has 0 aliphatic carbocycles. The van der Waals surface area contributed by atoms with Crippen molar-refractivity contribution in [1.82, 2.24) is 0 Å². The van der Waals surface area contributed by atoms with Gasteiger partial charge in [0.2, 0.25) is 0 Å². The van der Waals surface area contributed by atoms with Crippen LogP contribution in [0.5, 0.6) is 5.75 Å². The second kappa shape index (κ2) is 12.5. The predicted molar refractivity (Wildman–Crippen MR) is 127 cm³/mol. The van der Waals surface area contributed by atoms with Crippen LogP contribution in [0, 0.1) is 18.8 Å². The summed E-state index contributed by atoms with van der Waals surface area (Å²) in [6.45, 7) is 3.88. The molecule has 33 heavy (non-hydrogen) atoms. The van der Waals surface area contributed by atoms with Gasteiger partial charge in [0.1, 0.15) is 37.8 Å². The third-order valence-electron chi connectivity index (χ3n) is 4.94. The van der Waals surface area contributed by atoms with E-state index in [2.05, 4.69) is 17.0 Å². The first-order chi connectivity index (χ1) is 16.0. The molecule has 3 atom stereocenters. The standard InChI is InChI=1S/C27H29NO5/c1-20-9-13-23(14-10-20)32-25-17-16-24(15-12-22-7-5-4-6-8-22)33-26(25)19-31-27(29)18-11-21(2)28-30-3/h4-10,13-14,16-17,24-26H,11,18-19H2,1-3H3/t24-,25+,26-/m1/s1. The Kier molecular flexibility index (Phi) is 9.10. The summed E-state index contributed by atoms with van der Waals surface area (Å²) in [5.74, 6) is 6.62. The van der Waals surface area contributed by atoms with E-state index in [0.29, 0.717) is 6.42 Å². The summed E-state index contributed by atoms with van der Waals surface area (Å²) in [7, 11) is 1.47. The Labute approximate surface area is 195 Å². The number of hydrogen-bond donors (Lipinski definition) is 0. The molecule has 6 heteroatoms. The van der Waals surface area contributed by atoms with E-state index in [9.17, 15) is 4.79 Å². The van der Waals surface area contributed by atoms with E-state index < -0.39 is 18.3 Å². The van der Waals surface area contributed by atoms with Gasteiger partial charge in [-0.2, -0.15) is 0 Å². The van der Waals surface area contributed by atoms with E-state index >= 15 is 0 Å². The number of aryl methyl sites for hydroxylation is 1. The van der Waals surface area contributed by atoms with E-state index in [1.54, 1.807) is 6.92 Å². The average Bonchev–Trinajstić information content (AvgIpc) is 2.83. The van der Waals surface area contributed by atoms with Gasteiger partial charge < -0.3 is 19.0 Å². The first kappa shape index (κ1) is 24.1. The normalized spacial score (nSPS) is 19.8. The third kappa shape index (κ3) is 8.13. The maximum absolute atomic E-state index is 12.2.